The molecular formula is C32H44N4OS. The Kier molecular flexibility index (Phi) is 12.8. The maximum Gasteiger partial charge on any atom is 0.212 e. The average molecular weight is 533 g/mol. The van der Waals surface area contributed by atoms with Crippen molar-refractivity contribution in [2.24, 2.45) is 16.3 Å². The number of amides is 1. The summed E-state index contributed by atoms with van der Waals surface area (Å²) in [5.41, 5.74) is 3.09. The molecule has 0 bridgehead atoms. The van der Waals surface area contributed by atoms with Crippen LogP contribution in [0.15, 0.2) is 51.4 Å². The van der Waals surface area contributed by atoms with E-state index in [4.69, 9.17) is 4.99 Å². The Bertz CT molecular complexity index is 1230. The normalized spacial score (nSPS) is 16.1. The summed E-state index contributed by atoms with van der Waals surface area (Å²) >= 11 is 1.57. The van der Waals surface area contributed by atoms with Crippen LogP contribution in [-0.4, -0.2) is 49.6 Å². The lowest BCUT2D eigenvalue weighted by Gasteiger charge is -2.26. The number of allylic oxidation sites excluding steroid dienone is 4. The summed E-state index contributed by atoms with van der Waals surface area (Å²) < 4.78 is 0. The van der Waals surface area contributed by atoms with E-state index in [1.807, 2.05) is 26.2 Å². The zero-order chi connectivity index (χ0) is 28.1. The van der Waals surface area contributed by atoms with Gasteiger partial charge in [-0.25, -0.2) is 0 Å². The molecular weight excluding hydrogens is 488 g/mol. The van der Waals surface area contributed by atoms with Gasteiger partial charge in [0.05, 0.1) is 22.9 Å². The fraction of sp³-hybridized carbons (Fsp3) is 0.469. The third-order valence-corrected chi connectivity index (χ3v) is 7.71. The second kappa shape index (κ2) is 15.5. The monoisotopic (exact) mass is 532 g/mol. The van der Waals surface area contributed by atoms with E-state index in [1.54, 1.807) is 11.8 Å². The van der Waals surface area contributed by atoms with E-state index >= 15 is 0 Å². The number of amidine groups is 1. The number of nitrogens with zero attached hydrogens (tertiary/aromatic N) is 3. The molecule has 1 aromatic carbocycles. The third-order valence-electron chi connectivity index (χ3n) is 6.96. The standard InChI is InChI=1S/C32H44N4OS/c1-8-36(9-2)17-16-34-31(35-23-37)30(38-7)21-26-15-14-25(4)28(20-26)19-24(3)18-27-12-10-11-13-29(27)32(5,6)22-33/h11,13-15,19-21,23-24H,4,8-10,12,16-18H2,1-3,5-7H3,(H,34,35,37)/b28-19-,30-21-. The van der Waals surface area contributed by atoms with Crippen LogP contribution in [0.2, 0.25) is 0 Å². The number of nitrogens with one attached hydrogen (secondary N) is 1. The molecule has 0 aliphatic heterocycles. The molecule has 0 saturated heterocycles. The molecule has 1 amide bonds. The largest absolute Gasteiger partial charge is 0.313 e. The fourth-order valence-electron chi connectivity index (χ4n) is 4.72. The molecule has 1 aromatic rings. The van der Waals surface area contributed by atoms with Crippen molar-refractivity contribution in [3.8, 4) is 6.07 Å². The van der Waals surface area contributed by atoms with E-state index < -0.39 is 5.41 Å². The highest BCUT2D eigenvalue weighted by atomic mass is 32.2. The molecule has 1 aliphatic rings. The molecule has 0 radical (unpaired) electrons. The Labute approximate surface area is 233 Å². The predicted octanol–water partition coefficient (Wildman–Crippen LogP) is 5.29. The predicted molar refractivity (Wildman–Crippen MR) is 165 cm³/mol. The minimum absolute atomic E-state index is 0.301. The molecule has 1 unspecified atom stereocenters. The van der Waals surface area contributed by atoms with E-state index in [0.717, 1.165) is 65.4 Å². The Hall–Kier alpha value is -2.88. The minimum Gasteiger partial charge on any atom is -0.313 e. The molecule has 6 heteroatoms. The number of aliphatic imine (C=N–C) groups is 1. The summed E-state index contributed by atoms with van der Waals surface area (Å²) in [5, 5.41) is 14.6. The number of thioether (sulfide) groups is 1. The molecule has 38 heavy (non-hydrogen) atoms. The van der Waals surface area contributed by atoms with Gasteiger partial charge in [0.15, 0.2) is 0 Å². The van der Waals surface area contributed by atoms with Gasteiger partial charge in [-0.3, -0.25) is 9.79 Å². The molecule has 2 rings (SSSR count). The van der Waals surface area contributed by atoms with Gasteiger partial charge in [-0.2, -0.15) is 5.26 Å². The van der Waals surface area contributed by atoms with Gasteiger partial charge < -0.3 is 10.2 Å². The molecule has 0 heterocycles. The van der Waals surface area contributed by atoms with Crippen LogP contribution in [0.5, 0.6) is 0 Å². The molecule has 0 fully saturated rings. The summed E-state index contributed by atoms with van der Waals surface area (Å²) in [4.78, 5) is 19.2. The maximum absolute atomic E-state index is 11.3. The van der Waals surface area contributed by atoms with E-state index in [0.29, 0.717) is 24.7 Å². The summed E-state index contributed by atoms with van der Waals surface area (Å²) in [6.07, 6.45) is 14.3. The number of nitriles is 1. The summed E-state index contributed by atoms with van der Waals surface area (Å²) in [6, 6.07) is 8.71. The van der Waals surface area contributed by atoms with E-state index in [1.165, 1.54) is 5.57 Å². The van der Waals surface area contributed by atoms with Crippen LogP contribution in [0, 0.1) is 22.7 Å². The van der Waals surface area contributed by atoms with Gasteiger partial charge in [-0.15, -0.1) is 11.8 Å². The molecule has 0 aromatic heterocycles. The van der Waals surface area contributed by atoms with Crippen LogP contribution < -0.4 is 15.8 Å². The van der Waals surface area contributed by atoms with Crippen LogP contribution in [0.1, 0.15) is 59.4 Å². The zero-order valence-corrected chi connectivity index (χ0v) is 24.8. The molecule has 1 N–H and O–H groups in total. The van der Waals surface area contributed by atoms with Crippen molar-refractivity contribution >= 4 is 42.7 Å². The first kappa shape index (κ1) is 31.3. The highest BCUT2D eigenvalue weighted by Crippen LogP contribution is 2.36. The first-order valence-electron chi connectivity index (χ1n) is 13.5. The van der Waals surface area contributed by atoms with Gasteiger partial charge >= 0.3 is 0 Å². The van der Waals surface area contributed by atoms with Crippen molar-refractivity contribution in [3.63, 3.8) is 0 Å². The Morgan fingerprint density at radius 3 is 2.71 bits per heavy atom. The van der Waals surface area contributed by atoms with Crippen molar-refractivity contribution in [3.05, 3.63) is 62.4 Å². The lowest BCUT2D eigenvalue weighted by Crippen LogP contribution is -2.28. The van der Waals surface area contributed by atoms with Crippen LogP contribution in [0.4, 0.5) is 0 Å². The molecule has 204 valence electrons. The highest BCUT2D eigenvalue weighted by molar-refractivity contribution is 8.03. The minimum atomic E-state index is -0.484. The lowest BCUT2D eigenvalue weighted by molar-refractivity contribution is -0.108. The van der Waals surface area contributed by atoms with E-state index in [9.17, 15) is 10.1 Å². The quantitative estimate of drug-likeness (QED) is 0.213. The van der Waals surface area contributed by atoms with Gasteiger partial charge in [0.1, 0.15) is 5.84 Å². The van der Waals surface area contributed by atoms with Gasteiger partial charge in [-0.1, -0.05) is 63.3 Å². The van der Waals surface area contributed by atoms with Crippen LogP contribution >= 0.6 is 11.8 Å². The third kappa shape index (κ3) is 9.15. The van der Waals surface area contributed by atoms with Crippen molar-refractivity contribution in [2.75, 3.05) is 32.4 Å². The average Bonchev–Trinajstić information content (AvgIpc) is 2.91. The SMILES string of the molecule is C=c1ccc(/C=C(\SC)C(=NCCN(CC)CC)NC=O)c/c1=C/C(C)CC1=C(C(C)(C)C#N)C=CCC1. The van der Waals surface area contributed by atoms with Gasteiger partial charge in [-0.05, 0) is 92.1 Å². The number of carbonyl (C=O) groups is 1. The topological polar surface area (TPSA) is 68.5 Å². The summed E-state index contributed by atoms with van der Waals surface area (Å²) in [5.74, 6) is 0.900. The van der Waals surface area contributed by atoms with Crippen molar-refractivity contribution in [2.45, 2.75) is 53.9 Å². The Morgan fingerprint density at radius 1 is 1.34 bits per heavy atom. The van der Waals surface area contributed by atoms with Crippen LogP contribution in [0.3, 0.4) is 0 Å². The van der Waals surface area contributed by atoms with Gasteiger partial charge in [0, 0.05) is 6.54 Å². The van der Waals surface area contributed by atoms with Gasteiger partial charge in [0.25, 0.3) is 0 Å². The molecule has 0 saturated carbocycles. The number of hydrogen-bond donors (Lipinski definition) is 1. The smallest absolute Gasteiger partial charge is 0.212 e. The van der Waals surface area contributed by atoms with Crippen LogP contribution in [0.25, 0.3) is 18.7 Å². The molecule has 1 atom stereocenters. The number of rotatable bonds is 13. The van der Waals surface area contributed by atoms with Gasteiger partial charge in [0.2, 0.25) is 6.41 Å². The summed E-state index contributed by atoms with van der Waals surface area (Å²) in [7, 11) is 0. The lowest BCUT2D eigenvalue weighted by atomic mass is 9.77. The van der Waals surface area contributed by atoms with Crippen LogP contribution in [-0.2, 0) is 4.79 Å². The Balaban J connectivity index is 2.36. The first-order valence-corrected chi connectivity index (χ1v) is 14.8. The first-order chi connectivity index (χ1) is 18.2. The Morgan fingerprint density at radius 2 is 2.08 bits per heavy atom. The molecule has 0 spiro atoms. The van der Waals surface area contributed by atoms with Crippen molar-refractivity contribution < 1.29 is 4.79 Å². The van der Waals surface area contributed by atoms with E-state index in [-0.39, 0.29) is 0 Å². The molecule has 5 nitrogen and oxygen atoms in total. The maximum atomic E-state index is 11.3. The fourth-order valence-corrected chi connectivity index (χ4v) is 5.29. The van der Waals surface area contributed by atoms with Crippen molar-refractivity contribution in [1.29, 1.82) is 5.26 Å². The molecule has 1 aliphatic carbocycles. The second-order valence-electron chi connectivity index (χ2n) is 10.2. The number of hydrogen-bond acceptors (Lipinski definition) is 5. The number of likely N-dealkylation sites (N-methyl/N-ethyl adjacent to an activating group) is 1. The van der Waals surface area contributed by atoms with Crippen molar-refractivity contribution in [1.82, 2.24) is 10.2 Å². The van der Waals surface area contributed by atoms with E-state index in [2.05, 4.69) is 80.1 Å². The number of benzene rings is 1. The second-order valence-corrected chi connectivity index (χ2v) is 11.1. The summed E-state index contributed by atoms with van der Waals surface area (Å²) in [6.45, 7) is 18.2. The number of carbonyl (C=O) groups excluding carboxylic acids is 1. The zero-order valence-electron chi connectivity index (χ0n) is 24.0. The highest BCUT2D eigenvalue weighted by Gasteiger charge is 2.25.